The molecule has 162 valence electrons. The fraction of sp³-hybridized carbons (Fsp3) is 0.478. The fourth-order valence-corrected chi connectivity index (χ4v) is 4.31. The molecule has 8 heteroatoms. The normalized spacial score (nSPS) is 17.3. The fourth-order valence-electron chi connectivity index (χ4n) is 4.31. The maximum absolute atomic E-state index is 12.6. The Labute approximate surface area is 182 Å². The molecule has 0 unspecified atom stereocenters. The van der Waals surface area contributed by atoms with Crippen LogP contribution in [0.2, 0.25) is 0 Å². The summed E-state index contributed by atoms with van der Waals surface area (Å²) in [6.45, 7) is 3.35. The number of piperidine rings is 1. The van der Waals surface area contributed by atoms with Gasteiger partial charge >= 0.3 is 0 Å². The van der Waals surface area contributed by atoms with E-state index in [1.807, 2.05) is 13.0 Å². The highest BCUT2D eigenvalue weighted by Crippen LogP contribution is 2.27. The Morgan fingerprint density at radius 3 is 2.52 bits per heavy atom. The Morgan fingerprint density at radius 2 is 1.84 bits per heavy atom. The highest BCUT2D eigenvalue weighted by Gasteiger charge is 2.29. The second-order valence-corrected chi connectivity index (χ2v) is 8.34. The molecule has 1 saturated carbocycles. The van der Waals surface area contributed by atoms with Gasteiger partial charge in [0.25, 0.3) is 0 Å². The van der Waals surface area contributed by atoms with Crippen molar-refractivity contribution in [2.75, 3.05) is 29.5 Å². The van der Waals surface area contributed by atoms with E-state index in [1.54, 1.807) is 12.3 Å². The molecular formula is C23H29N7O. The Balaban J connectivity index is 1.48. The van der Waals surface area contributed by atoms with Crippen molar-refractivity contribution in [2.24, 2.45) is 5.92 Å². The van der Waals surface area contributed by atoms with E-state index >= 15 is 0 Å². The van der Waals surface area contributed by atoms with Gasteiger partial charge in [0.05, 0.1) is 11.3 Å². The number of carbonyl (C=O) groups excluding carboxylic acids is 1. The number of amides is 1. The molecule has 8 nitrogen and oxygen atoms in total. The number of pyridine rings is 1. The summed E-state index contributed by atoms with van der Waals surface area (Å²) in [6, 6.07) is 3.91. The van der Waals surface area contributed by atoms with Crippen molar-refractivity contribution in [3.05, 3.63) is 35.2 Å². The van der Waals surface area contributed by atoms with Crippen LogP contribution >= 0.6 is 0 Å². The van der Waals surface area contributed by atoms with Crippen LogP contribution in [0.1, 0.15) is 55.3 Å². The zero-order valence-corrected chi connectivity index (χ0v) is 17.9. The Kier molecular flexibility index (Phi) is 6.21. The number of aryl methyl sites for hydroxylation is 1. The zero-order valence-electron chi connectivity index (χ0n) is 17.9. The lowest BCUT2D eigenvalue weighted by molar-refractivity contribution is -0.126. The van der Waals surface area contributed by atoms with Crippen LogP contribution in [0.15, 0.2) is 18.3 Å². The molecule has 4 rings (SSSR count). The molecule has 1 saturated heterocycles. The van der Waals surface area contributed by atoms with Crippen LogP contribution in [-0.2, 0) is 4.79 Å². The second-order valence-electron chi connectivity index (χ2n) is 8.34. The van der Waals surface area contributed by atoms with Gasteiger partial charge in [0.15, 0.2) is 0 Å². The van der Waals surface area contributed by atoms with Gasteiger partial charge < -0.3 is 21.7 Å². The van der Waals surface area contributed by atoms with Crippen molar-refractivity contribution in [1.29, 1.82) is 0 Å². The van der Waals surface area contributed by atoms with E-state index in [0.717, 1.165) is 61.4 Å². The molecule has 2 aromatic rings. The molecule has 0 spiro atoms. The van der Waals surface area contributed by atoms with Gasteiger partial charge in [0, 0.05) is 36.8 Å². The van der Waals surface area contributed by atoms with Crippen LogP contribution in [-0.4, -0.2) is 40.0 Å². The van der Waals surface area contributed by atoms with Gasteiger partial charge in [-0.1, -0.05) is 24.7 Å². The lowest BCUT2D eigenvalue weighted by atomic mass is 9.95. The van der Waals surface area contributed by atoms with Gasteiger partial charge in [-0.25, -0.2) is 9.97 Å². The predicted octanol–water partition coefficient (Wildman–Crippen LogP) is 2.02. The molecule has 3 heterocycles. The lowest BCUT2D eigenvalue weighted by Crippen LogP contribution is -2.43. The van der Waals surface area contributed by atoms with Crippen LogP contribution in [0.25, 0.3) is 0 Å². The van der Waals surface area contributed by atoms with E-state index in [1.165, 1.54) is 12.8 Å². The maximum atomic E-state index is 12.6. The number of rotatable bonds is 3. The number of nitrogens with two attached hydrogens (primary N) is 2. The third kappa shape index (κ3) is 5.05. The Morgan fingerprint density at radius 1 is 1.10 bits per heavy atom. The average Bonchev–Trinajstić information content (AvgIpc) is 3.27. The first kappa shape index (κ1) is 20.9. The summed E-state index contributed by atoms with van der Waals surface area (Å²) in [7, 11) is 0. The van der Waals surface area contributed by atoms with E-state index in [0.29, 0.717) is 11.9 Å². The van der Waals surface area contributed by atoms with Crippen LogP contribution in [0.5, 0.6) is 0 Å². The van der Waals surface area contributed by atoms with Gasteiger partial charge in [-0.05, 0) is 44.7 Å². The van der Waals surface area contributed by atoms with Crippen molar-refractivity contribution in [1.82, 2.24) is 20.3 Å². The third-order valence-corrected chi connectivity index (χ3v) is 6.07. The van der Waals surface area contributed by atoms with E-state index in [9.17, 15) is 4.79 Å². The molecular weight excluding hydrogens is 390 g/mol. The van der Waals surface area contributed by atoms with Crippen LogP contribution in [0.4, 0.5) is 17.6 Å². The summed E-state index contributed by atoms with van der Waals surface area (Å²) < 4.78 is 0. The summed E-state index contributed by atoms with van der Waals surface area (Å²) in [6.07, 6.45) is 7.87. The quantitative estimate of drug-likeness (QED) is 0.650. The summed E-state index contributed by atoms with van der Waals surface area (Å²) in [5.41, 5.74) is 13.8. The standard InChI is InChI=1S/C23H29N7O/c1-15-19(8-6-16-7-9-20(24)26-14-16)21(29-23(25)27-15)30-12-10-17(11-13-30)22(31)28-18-4-2-3-5-18/h7,9,14,17-18H,2-5,10-13H2,1H3,(H2,24,26)(H,28,31)(H2,25,27,29). The van der Waals surface area contributed by atoms with Crippen LogP contribution in [0, 0.1) is 24.7 Å². The maximum Gasteiger partial charge on any atom is 0.223 e. The molecule has 31 heavy (non-hydrogen) atoms. The summed E-state index contributed by atoms with van der Waals surface area (Å²) in [5.74, 6) is 7.97. The van der Waals surface area contributed by atoms with Gasteiger partial charge in [-0.3, -0.25) is 4.79 Å². The van der Waals surface area contributed by atoms with E-state index < -0.39 is 0 Å². The molecule has 5 N–H and O–H groups in total. The number of nitrogens with one attached hydrogen (secondary N) is 1. The largest absolute Gasteiger partial charge is 0.384 e. The first-order valence-corrected chi connectivity index (χ1v) is 10.9. The van der Waals surface area contributed by atoms with Crippen molar-refractivity contribution >= 4 is 23.5 Å². The first-order valence-electron chi connectivity index (χ1n) is 10.9. The number of hydrogen-bond acceptors (Lipinski definition) is 7. The van der Waals surface area contributed by atoms with Gasteiger partial charge in [0.1, 0.15) is 11.6 Å². The van der Waals surface area contributed by atoms with E-state index in [4.69, 9.17) is 11.5 Å². The average molecular weight is 420 g/mol. The van der Waals surface area contributed by atoms with Crippen molar-refractivity contribution in [2.45, 2.75) is 51.5 Å². The lowest BCUT2D eigenvalue weighted by Gasteiger charge is -2.33. The molecule has 0 atom stereocenters. The van der Waals surface area contributed by atoms with Crippen molar-refractivity contribution in [3.8, 4) is 11.8 Å². The topological polar surface area (TPSA) is 123 Å². The van der Waals surface area contributed by atoms with E-state index in [-0.39, 0.29) is 17.8 Å². The second kappa shape index (κ2) is 9.21. The summed E-state index contributed by atoms with van der Waals surface area (Å²) in [4.78, 5) is 27.7. The van der Waals surface area contributed by atoms with Crippen molar-refractivity contribution in [3.63, 3.8) is 0 Å². The highest BCUT2D eigenvalue weighted by atomic mass is 16.1. The molecule has 2 aromatic heterocycles. The summed E-state index contributed by atoms with van der Waals surface area (Å²) in [5, 5.41) is 3.23. The third-order valence-electron chi connectivity index (χ3n) is 6.07. The number of nitrogens with zero attached hydrogens (tertiary/aromatic N) is 4. The number of nitrogen functional groups attached to an aromatic ring is 2. The molecule has 2 fully saturated rings. The first-order chi connectivity index (χ1) is 15.0. The minimum Gasteiger partial charge on any atom is -0.384 e. The zero-order chi connectivity index (χ0) is 21.8. The minimum atomic E-state index is 0.0486. The predicted molar refractivity (Wildman–Crippen MR) is 121 cm³/mol. The molecule has 1 amide bonds. The molecule has 0 aromatic carbocycles. The van der Waals surface area contributed by atoms with Crippen molar-refractivity contribution < 1.29 is 4.79 Å². The molecule has 0 bridgehead atoms. The number of aromatic nitrogens is 3. The number of carbonyl (C=O) groups is 1. The SMILES string of the molecule is Cc1nc(N)nc(N2CCC(C(=O)NC3CCCC3)CC2)c1C#Cc1ccc(N)nc1. The number of hydrogen-bond donors (Lipinski definition) is 3. The van der Waals surface area contributed by atoms with E-state index in [2.05, 4.69) is 37.0 Å². The molecule has 2 aliphatic rings. The number of anilines is 3. The van der Waals surface area contributed by atoms with Gasteiger partial charge in [-0.2, -0.15) is 4.98 Å². The molecule has 1 aliphatic carbocycles. The Hall–Kier alpha value is -3.34. The smallest absolute Gasteiger partial charge is 0.223 e. The van der Waals surface area contributed by atoms with Crippen LogP contribution in [0.3, 0.4) is 0 Å². The minimum absolute atomic E-state index is 0.0486. The molecule has 1 aliphatic heterocycles. The summed E-state index contributed by atoms with van der Waals surface area (Å²) >= 11 is 0. The highest BCUT2D eigenvalue weighted by molar-refractivity contribution is 5.79. The van der Waals surface area contributed by atoms with Gasteiger partial charge in [-0.15, -0.1) is 0 Å². The Bertz CT molecular complexity index is 995. The van der Waals surface area contributed by atoms with Gasteiger partial charge in [0.2, 0.25) is 11.9 Å². The molecule has 0 radical (unpaired) electrons. The van der Waals surface area contributed by atoms with Crippen LogP contribution < -0.4 is 21.7 Å². The monoisotopic (exact) mass is 419 g/mol.